The van der Waals surface area contributed by atoms with Gasteiger partial charge < -0.3 is 0 Å². The van der Waals surface area contributed by atoms with Crippen molar-refractivity contribution < 1.29 is 0 Å². The predicted octanol–water partition coefficient (Wildman–Crippen LogP) is 10.6. The molecule has 0 atom stereocenters. The first kappa shape index (κ1) is 26.1. The molecule has 6 aromatic carbocycles. The van der Waals surface area contributed by atoms with Crippen molar-refractivity contribution in [3.8, 4) is 44.6 Å². The number of anilines is 3. The molecule has 1 aromatic heterocycles. The Hall–Kier alpha value is -5.80. The normalized spacial score (nSPS) is 10.8. The third kappa shape index (κ3) is 5.57. The fraction of sp³-hybridized carbons (Fsp3) is 0. The average Bonchev–Trinajstić information content (AvgIpc) is 3.10. The van der Waals surface area contributed by atoms with E-state index < -0.39 is 0 Å². The summed E-state index contributed by atoms with van der Waals surface area (Å²) in [6.45, 7) is 0. The molecule has 3 heteroatoms. The van der Waals surface area contributed by atoms with Gasteiger partial charge >= 0.3 is 0 Å². The Morgan fingerprint density at radius 3 is 1.28 bits per heavy atom. The van der Waals surface area contributed by atoms with Crippen molar-refractivity contribution in [2.45, 2.75) is 0 Å². The minimum absolute atomic E-state index is 0.750. The van der Waals surface area contributed by atoms with Crippen molar-refractivity contribution in [2.24, 2.45) is 0 Å². The summed E-state index contributed by atoms with van der Waals surface area (Å²) in [5.41, 5.74) is 10.9. The van der Waals surface area contributed by atoms with Gasteiger partial charge in [0.05, 0.1) is 18.1 Å². The van der Waals surface area contributed by atoms with Crippen LogP contribution in [0.2, 0.25) is 0 Å². The van der Waals surface area contributed by atoms with Crippen LogP contribution < -0.4 is 4.90 Å². The highest BCUT2D eigenvalue weighted by Gasteiger charge is 2.17. The molecule has 0 unspecified atom stereocenters. The lowest BCUT2D eigenvalue weighted by atomic mass is 9.98. The Bertz CT molecular complexity index is 1850. The average molecular weight is 552 g/mol. The van der Waals surface area contributed by atoms with Crippen molar-refractivity contribution in [1.82, 2.24) is 9.97 Å². The maximum Gasteiger partial charge on any atom is 0.156 e. The van der Waals surface area contributed by atoms with Gasteiger partial charge in [0.2, 0.25) is 0 Å². The Labute approximate surface area is 252 Å². The van der Waals surface area contributed by atoms with Gasteiger partial charge in [0.1, 0.15) is 0 Å². The van der Waals surface area contributed by atoms with Crippen molar-refractivity contribution in [3.05, 3.63) is 176 Å². The number of rotatable bonds is 7. The van der Waals surface area contributed by atoms with Gasteiger partial charge in [-0.15, -0.1) is 0 Å². The Balaban J connectivity index is 1.32. The van der Waals surface area contributed by atoms with Gasteiger partial charge in [-0.3, -0.25) is 9.88 Å². The van der Waals surface area contributed by atoms with Crippen molar-refractivity contribution in [2.75, 3.05) is 4.90 Å². The quantitative estimate of drug-likeness (QED) is 0.197. The predicted molar refractivity (Wildman–Crippen MR) is 178 cm³/mol. The molecule has 0 saturated heterocycles. The van der Waals surface area contributed by atoms with E-state index in [0.717, 1.165) is 39.6 Å². The SMILES string of the molecule is c1ccc(-c2ccc(N(c3ccc(-c4ccccc4)cc3)c3cncc(-c4ccccc4-c4ccccc4)n3)cc2)cc1. The van der Waals surface area contributed by atoms with Crippen molar-refractivity contribution >= 4 is 17.2 Å². The summed E-state index contributed by atoms with van der Waals surface area (Å²) in [5.74, 6) is 0.750. The van der Waals surface area contributed by atoms with E-state index >= 15 is 0 Å². The highest BCUT2D eigenvalue weighted by atomic mass is 15.2. The summed E-state index contributed by atoms with van der Waals surface area (Å²) in [7, 11) is 0. The lowest BCUT2D eigenvalue weighted by molar-refractivity contribution is 1.13. The molecule has 0 fully saturated rings. The van der Waals surface area contributed by atoms with Crippen LogP contribution in [0.1, 0.15) is 0 Å². The van der Waals surface area contributed by atoms with E-state index in [0.29, 0.717) is 0 Å². The van der Waals surface area contributed by atoms with Gasteiger partial charge in [0, 0.05) is 16.9 Å². The highest BCUT2D eigenvalue weighted by molar-refractivity contribution is 5.83. The Morgan fingerprint density at radius 1 is 0.349 bits per heavy atom. The zero-order valence-electron chi connectivity index (χ0n) is 23.6. The second-order valence-electron chi connectivity index (χ2n) is 10.3. The molecule has 7 aromatic rings. The molecule has 43 heavy (non-hydrogen) atoms. The molecule has 0 aliphatic rings. The van der Waals surface area contributed by atoms with Crippen LogP contribution in [-0.4, -0.2) is 9.97 Å². The highest BCUT2D eigenvalue weighted by Crippen LogP contribution is 2.37. The largest absolute Gasteiger partial charge is 0.294 e. The molecule has 0 radical (unpaired) electrons. The number of aromatic nitrogens is 2. The first-order valence-corrected chi connectivity index (χ1v) is 14.4. The topological polar surface area (TPSA) is 29.0 Å². The van der Waals surface area contributed by atoms with Crippen LogP contribution in [0, 0.1) is 0 Å². The third-order valence-electron chi connectivity index (χ3n) is 7.60. The first-order valence-electron chi connectivity index (χ1n) is 14.4. The van der Waals surface area contributed by atoms with Gasteiger partial charge in [0.25, 0.3) is 0 Å². The van der Waals surface area contributed by atoms with Crippen LogP contribution in [0.15, 0.2) is 176 Å². The van der Waals surface area contributed by atoms with Crippen LogP contribution in [0.25, 0.3) is 44.6 Å². The van der Waals surface area contributed by atoms with E-state index in [1.165, 1.54) is 22.3 Å². The number of hydrogen-bond donors (Lipinski definition) is 0. The van der Waals surface area contributed by atoms with E-state index in [2.05, 4.69) is 150 Å². The number of nitrogens with zero attached hydrogens (tertiary/aromatic N) is 3. The van der Waals surface area contributed by atoms with Gasteiger partial charge in [-0.2, -0.15) is 0 Å². The van der Waals surface area contributed by atoms with Gasteiger partial charge in [0.15, 0.2) is 5.82 Å². The molecule has 3 nitrogen and oxygen atoms in total. The monoisotopic (exact) mass is 551 g/mol. The molecule has 0 spiro atoms. The smallest absolute Gasteiger partial charge is 0.156 e. The first-order chi connectivity index (χ1) is 21.3. The minimum atomic E-state index is 0.750. The van der Waals surface area contributed by atoms with Gasteiger partial charge in [-0.25, -0.2) is 4.98 Å². The fourth-order valence-corrected chi connectivity index (χ4v) is 5.45. The molecule has 0 amide bonds. The summed E-state index contributed by atoms with van der Waals surface area (Å²) in [5, 5.41) is 0. The molecular formula is C40H29N3. The Morgan fingerprint density at radius 2 is 0.767 bits per heavy atom. The summed E-state index contributed by atoms with van der Waals surface area (Å²) in [4.78, 5) is 12.1. The fourth-order valence-electron chi connectivity index (χ4n) is 5.45. The maximum absolute atomic E-state index is 5.21. The second-order valence-corrected chi connectivity index (χ2v) is 10.3. The summed E-state index contributed by atoms with van der Waals surface area (Å²) < 4.78 is 0. The van der Waals surface area contributed by atoms with E-state index in [4.69, 9.17) is 9.97 Å². The molecule has 0 saturated carbocycles. The summed E-state index contributed by atoms with van der Waals surface area (Å²) >= 11 is 0. The zero-order valence-corrected chi connectivity index (χ0v) is 23.6. The molecule has 1 heterocycles. The number of benzene rings is 6. The molecule has 7 rings (SSSR count). The van der Waals surface area contributed by atoms with Crippen LogP contribution in [0.3, 0.4) is 0 Å². The standard InChI is InChI=1S/C40H29N3/c1-4-12-30(13-5-1)32-20-24-35(25-21-32)43(36-26-22-33(23-27-36)31-14-6-2-7-15-31)40-29-41-28-39(42-40)38-19-11-10-18-37(38)34-16-8-3-9-17-34/h1-29H. The number of hydrogen-bond acceptors (Lipinski definition) is 3. The van der Waals surface area contributed by atoms with Crippen LogP contribution >= 0.6 is 0 Å². The van der Waals surface area contributed by atoms with Crippen molar-refractivity contribution in [3.63, 3.8) is 0 Å². The molecule has 0 aliphatic carbocycles. The van der Waals surface area contributed by atoms with E-state index in [1.54, 1.807) is 0 Å². The molecule has 0 bridgehead atoms. The summed E-state index contributed by atoms with van der Waals surface area (Å²) in [6, 6.07) is 57.0. The van der Waals surface area contributed by atoms with Crippen LogP contribution in [0.4, 0.5) is 17.2 Å². The summed E-state index contributed by atoms with van der Waals surface area (Å²) in [6.07, 6.45) is 3.69. The molecule has 204 valence electrons. The van der Waals surface area contributed by atoms with E-state index in [1.807, 2.05) is 30.6 Å². The minimum Gasteiger partial charge on any atom is -0.294 e. The third-order valence-corrected chi connectivity index (χ3v) is 7.60. The van der Waals surface area contributed by atoms with Gasteiger partial charge in [-0.1, -0.05) is 140 Å². The van der Waals surface area contributed by atoms with E-state index in [-0.39, 0.29) is 0 Å². The molecule has 0 N–H and O–H groups in total. The second kappa shape index (κ2) is 12.0. The lowest BCUT2D eigenvalue weighted by Crippen LogP contribution is -2.12. The maximum atomic E-state index is 5.21. The van der Waals surface area contributed by atoms with Crippen LogP contribution in [-0.2, 0) is 0 Å². The lowest BCUT2D eigenvalue weighted by Gasteiger charge is -2.25. The van der Waals surface area contributed by atoms with E-state index in [9.17, 15) is 0 Å². The van der Waals surface area contributed by atoms with Gasteiger partial charge in [-0.05, 0) is 57.6 Å². The van der Waals surface area contributed by atoms with Crippen LogP contribution in [0.5, 0.6) is 0 Å². The zero-order chi connectivity index (χ0) is 28.8. The molecule has 0 aliphatic heterocycles. The van der Waals surface area contributed by atoms with Crippen molar-refractivity contribution in [1.29, 1.82) is 0 Å². The Kier molecular flexibility index (Phi) is 7.27. The molecular weight excluding hydrogens is 522 g/mol.